The molecule has 0 bridgehead atoms. The lowest BCUT2D eigenvalue weighted by molar-refractivity contribution is 0.416. The van der Waals surface area contributed by atoms with Crippen molar-refractivity contribution in [3.05, 3.63) is 52.3 Å². The second-order valence-electron chi connectivity index (χ2n) is 5.06. The zero-order valence-corrected chi connectivity index (χ0v) is 12.9. The van der Waals surface area contributed by atoms with Gasteiger partial charge in [-0.3, -0.25) is 10.2 Å². The number of rotatable bonds is 6. The summed E-state index contributed by atoms with van der Waals surface area (Å²) in [6.45, 7) is 2.66. The smallest absolute Gasteiger partial charge is 0.262 e. The third kappa shape index (κ3) is 3.03. The summed E-state index contributed by atoms with van der Waals surface area (Å²) in [6, 6.07) is 11.0. The number of amidine groups is 1. The van der Waals surface area contributed by atoms with Gasteiger partial charge in [0.2, 0.25) is 0 Å². The molecule has 0 spiro atoms. The maximum absolute atomic E-state index is 12.6. The summed E-state index contributed by atoms with van der Waals surface area (Å²) in [4.78, 5) is 12.6. The van der Waals surface area contributed by atoms with Crippen LogP contribution in [0.3, 0.4) is 0 Å². The minimum absolute atomic E-state index is 0.207. The Hall–Kier alpha value is -2.56. The second kappa shape index (κ2) is 6.93. The number of nitrogens with two attached hydrogens (primary N) is 1. The molecule has 0 radical (unpaired) electrons. The number of para-hydroxylation sites is 1. The first-order chi connectivity index (χ1) is 10.6. The first-order valence-electron chi connectivity index (χ1n) is 7.31. The number of nitrogens with zero attached hydrogens (tertiary/aromatic N) is 1. The second-order valence-corrected chi connectivity index (χ2v) is 5.06. The highest BCUT2D eigenvalue weighted by Gasteiger charge is 2.14. The number of benzene rings is 1. The van der Waals surface area contributed by atoms with Crippen molar-refractivity contribution in [3.8, 4) is 17.0 Å². The van der Waals surface area contributed by atoms with Crippen LogP contribution in [0.4, 0.5) is 0 Å². The van der Waals surface area contributed by atoms with Crippen molar-refractivity contribution < 1.29 is 4.74 Å². The number of unbranched alkanes of at least 4 members (excludes halogenated alkanes) is 1. The van der Waals surface area contributed by atoms with Crippen LogP contribution in [0.5, 0.6) is 5.75 Å². The summed E-state index contributed by atoms with van der Waals surface area (Å²) in [5.41, 5.74) is 7.13. The van der Waals surface area contributed by atoms with Gasteiger partial charge in [0.1, 0.15) is 11.6 Å². The van der Waals surface area contributed by atoms with Gasteiger partial charge < -0.3 is 15.0 Å². The van der Waals surface area contributed by atoms with E-state index < -0.39 is 0 Å². The van der Waals surface area contributed by atoms with Crippen molar-refractivity contribution in [2.45, 2.75) is 26.3 Å². The molecular formula is C17H21N3O2. The molecule has 22 heavy (non-hydrogen) atoms. The topological polar surface area (TPSA) is 81.1 Å². The monoisotopic (exact) mass is 299 g/mol. The minimum Gasteiger partial charge on any atom is -0.496 e. The number of hydrogen-bond acceptors (Lipinski definition) is 3. The summed E-state index contributed by atoms with van der Waals surface area (Å²) in [6.07, 6.45) is 1.85. The molecule has 1 aromatic heterocycles. The van der Waals surface area contributed by atoms with Gasteiger partial charge >= 0.3 is 0 Å². The van der Waals surface area contributed by atoms with Gasteiger partial charge in [0, 0.05) is 12.1 Å². The van der Waals surface area contributed by atoms with Crippen LogP contribution in [0.25, 0.3) is 11.3 Å². The van der Waals surface area contributed by atoms with Crippen molar-refractivity contribution in [1.82, 2.24) is 4.57 Å². The number of nitrogens with one attached hydrogen (secondary N) is 1. The molecule has 0 atom stereocenters. The summed E-state index contributed by atoms with van der Waals surface area (Å²) in [5.74, 6) is 0.504. The lowest BCUT2D eigenvalue weighted by atomic mass is 10.1. The fourth-order valence-corrected chi connectivity index (χ4v) is 2.41. The molecule has 0 amide bonds. The van der Waals surface area contributed by atoms with Crippen LogP contribution >= 0.6 is 0 Å². The van der Waals surface area contributed by atoms with Crippen molar-refractivity contribution in [2.24, 2.45) is 5.73 Å². The molecule has 1 aromatic carbocycles. The highest BCUT2D eigenvalue weighted by atomic mass is 16.5. The Labute approximate surface area is 129 Å². The molecule has 0 saturated carbocycles. The summed E-state index contributed by atoms with van der Waals surface area (Å²) in [5, 5.41) is 7.54. The summed E-state index contributed by atoms with van der Waals surface area (Å²) in [7, 11) is 1.61. The zero-order valence-electron chi connectivity index (χ0n) is 12.9. The molecule has 116 valence electrons. The molecule has 3 N–H and O–H groups in total. The van der Waals surface area contributed by atoms with Gasteiger partial charge in [-0.2, -0.15) is 0 Å². The van der Waals surface area contributed by atoms with Crippen LogP contribution in [0, 0.1) is 5.41 Å². The van der Waals surface area contributed by atoms with Gasteiger partial charge in [-0.05, 0) is 30.7 Å². The Morgan fingerprint density at radius 1 is 1.27 bits per heavy atom. The van der Waals surface area contributed by atoms with Crippen LogP contribution in [-0.4, -0.2) is 17.5 Å². The zero-order chi connectivity index (χ0) is 16.1. The van der Waals surface area contributed by atoms with Crippen LogP contribution < -0.4 is 16.0 Å². The highest BCUT2D eigenvalue weighted by Crippen LogP contribution is 2.29. The Kier molecular flexibility index (Phi) is 4.99. The van der Waals surface area contributed by atoms with E-state index >= 15 is 0 Å². The third-order valence-corrected chi connectivity index (χ3v) is 3.58. The molecule has 0 fully saturated rings. The van der Waals surface area contributed by atoms with E-state index in [-0.39, 0.29) is 17.0 Å². The Balaban J connectivity index is 2.67. The number of ether oxygens (including phenoxy) is 1. The Bertz CT molecular complexity index is 735. The van der Waals surface area contributed by atoms with Crippen molar-refractivity contribution >= 4 is 5.84 Å². The average molecular weight is 299 g/mol. The minimum atomic E-state index is -0.232. The maximum Gasteiger partial charge on any atom is 0.262 e. The lowest BCUT2D eigenvalue weighted by Gasteiger charge is -2.16. The molecule has 0 aliphatic carbocycles. The first-order valence-corrected chi connectivity index (χ1v) is 7.31. The Morgan fingerprint density at radius 2 is 2.00 bits per heavy atom. The quantitative estimate of drug-likeness (QED) is 0.635. The van der Waals surface area contributed by atoms with Crippen LogP contribution in [0.2, 0.25) is 0 Å². The SMILES string of the molecule is CCCCn1c(-c2ccccc2OC)ccc(C(=N)N)c1=O. The largest absolute Gasteiger partial charge is 0.496 e. The van der Waals surface area contributed by atoms with Crippen LogP contribution in [0.15, 0.2) is 41.2 Å². The lowest BCUT2D eigenvalue weighted by Crippen LogP contribution is -2.30. The highest BCUT2D eigenvalue weighted by molar-refractivity contribution is 5.94. The molecule has 0 aliphatic heterocycles. The van der Waals surface area contributed by atoms with E-state index in [1.807, 2.05) is 30.3 Å². The van der Waals surface area contributed by atoms with E-state index in [0.717, 1.165) is 24.1 Å². The molecule has 5 nitrogen and oxygen atoms in total. The molecule has 0 aliphatic rings. The predicted octanol–water partition coefficient (Wildman–Crippen LogP) is 2.61. The van der Waals surface area contributed by atoms with Crippen LogP contribution in [0.1, 0.15) is 25.3 Å². The summed E-state index contributed by atoms with van der Waals surface area (Å²) < 4.78 is 7.07. The molecule has 2 rings (SSSR count). The van der Waals surface area contributed by atoms with Gasteiger partial charge in [-0.25, -0.2) is 0 Å². The maximum atomic E-state index is 12.6. The van der Waals surface area contributed by atoms with Gasteiger partial charge in [-0.1, -0.05) is 25.5 Å². The number of nitrogen functional groups attached to an aromatic ring is 1. The molecule has 0 saturated heterocycles. The Morgan fingerprint density at radius 3 is 2.64 bits per heavy atom. The van der Waals surface area contributed by atoms with Gasteiger partial charge in [-0.15, -0.1) is 0 Å². The number of pyridine rings is 1. The average Bonchev–Trinajstić information content (AvgIpc) is 2.53. The van der Waals surface area contributed by atoms with Crippen molar-refractivity contribution in [1.29, 1.82) is 5.41 Å². The third-order valence-electron chi connectivity index (χ3n) is 3.58. The van der Waals surface area contributed by atoms with Crippen LogP contribution in [-0.2, 0) is 6.54 Å². The first kappa shape index (κ1) is 15.8. The predicted molar refractivity (Wildman–Crippen MR) is 88.6 cm³/mol. The van der Waals surface area contributed by atoms with E-state index in [9.17, 15) is 4.79 Å². The molecular weight excluding hydrogens is 278 g/mol. The van der Waals surface area contributed by atoms with E-state index in [1.54, 1.807) is 17.7 Å². The fraction of sp³-hybridized carbons (Fsp3) is 0.294. The van der Waals surface area contributed by atoms with Gasteiger partial charge in [0.15, 0.2) is 0 Å². The van der Waals surface area contributed by atoms with Gasteiger partial charge in [0.05, 0.1) is 18.4 Å². The van der Waals surface area contributed by atoms with Crippen molar-refractivity contribution in [2.75, 3.05) is 7.11 Å². The van der Waals surface area contributed by atoms with E-state index in [2.05, 4.69) is 6.92 Å². The number of aromatic nitrogens is 1. The normalized spacial score (nSPS) is 10.5. The standard InChI is InChI=1S/C17H21N3O2/c1-3-4-11-20-14(10-9-13(16(18)19)17(20)21)12-7-5-6-8-15(12)22-2/h5-10H,3-4,11H2,1-2H3,(H3,18,19). The molecule has 1 heterocycles. The van der Waals surface area contributed by atoms with E-state index in [1.165, 1.54) is 0 Å². The summed E-state index contributed by atoms with van der Waals surface area (Å²) >= 11 is 0. The van der Waals surface area contributed by atoms with E-state index in [0.29, 0.717) is 12.3 Å². The van der Waals surface area contributed by atoms with E-state index in [4.69, 9.17) is 15.9 Å². The number of methoxy groups -OCH3 is 1. The molecule has 2 aromatic rings. The van der Waals surface area contributed by atoms with Gasteiger partial charge in [0.25, 0.3) is 5.56 Å². The fourth-order valence-electron chi connectivity index (χ4n) is 2.41. The molecule has 5 heteroatoms. The molecule has 0 unspecified atom stereocenters. The number of hydrogen-bond donors (Lipinski definition) is 2. The van der Waals surface area contributed by atoms with Crippen molar-refractivity contribution in [3.63, 3.8) is 0 Å².